The monoisotopic (exact) mass is 218 g/mol. The van der Waals surface area contributed by atoms with Gasteiger partial charge in [-0.25, -0.2) is 0 Å². The molecule has 2 aromatic rings. The molecule has 0 saturated heterocycles. The van der Waals surface area contributed by atoms with E-state index in [9.17, 15) is 0 Å². The van der Waals surface area contributed by atoms with Gasteiger partial charge >= 0.3 is 0 Å². The Balaban J connectivity index is 1.96. The Morgan fingerprint density at radius 3 is 2.88 bits per heavy atom. The SMILES string of the molecule is NCC(OCc1ccco1)c1ccccn1. The Morgan fingerprint density at radius 2 is 2.25 bits per heavy atom. The molecule has 0 amide bonds. The van der Waals surface area contributed by atoms with Gasteiger partial charge in [-0.3, -0.25) is 4.98 Å². The molecular weight excluding hydrogens is 204 g/mol. The van der Waals surface area contributed by atoms with E-state index in [2.05, 4.69) is 4.98 Å². The second-order valence-electron chi connectivity index (χ2n) is 3.37. The first kappa shape index (κ1) is 10.9. The summed E-state index contributed by atoms with van der Waals surface area (Å²) in [5, 5.41) is 0. The van der Waals surface area contributed by atoms with Crippen LogP contribution >= 0.6 is 0 Å². The summed E-state index contributed by atoms with van der Waals surface area (Å²) in [5.41, 5.74) is 6.49. The number of nitrogens with zero attached hydrogens (tertiary/aromatic N) is 1. The van der Waals surface area contributed by atoms with Crippen LogP contribution in [-0.4, -0.2) is 11.5 Å². The molecular formula is C12H14N2O2. The summed E-state index contributed by atoms with van der Waals surface area (Å²) in [6.07, 6.45) is 3.16. The first-order valence-corrected chi connectivity index (χ1v) is 5.15. The zero-order valence-corrected chi connectivity index (χ0v) is 8.87. The molecule has 2 N–H and O–H groups in total. The molecule has 2 heterocycles. The lowest BCUT2D eigenvalue weighted by atomic mass is 10.2. The molecule has 0 aromatic carbocycles. The zero-order valence-electron chi connectivity index (χ0n) is 8.87. The van der Waals surface area contributed by atoms with Gasteiger partial charge in [0.2, 0.25) is 0 Å². The highest BCUT2D eigenvalue weighted by molar-refractivity contribution is 5.07. The van der Waals surface area contributed by atoms with Crippen molar-refractivity contribution in [2.24, 2.45) is 5.73 Å². The van der Waals surface area contributed by atoms with Gasteiger partial charge in [-0.2, -0.15) is 0 Å². The van der Waals surface area contributed by atoms with Crippen molar-refractivity contribution >= 4 is 0 Å². The Bertz CT molecular complexity index is 400. The van der Waals surface area contributed by atoms with E-state index in [1.54, 1.807) is 12.5 Å². The zero-order chi connectivity index (χ0) is 11.2. The lowest BCUT2D eigenvalue weighted by Crippen LogP contribution is -2.16. The molecule has 0 saturated carbocycles. The van der Waals surface area contributed by atoms with Crippen LogP contribution in [0.2, 0.25) is 0 Å². The van der Waals surface area contributed by atoms with Crippen LogP contribution in [-0.2, 0) is 11.3 Å². The lowest BCUT2D eigenvalue weighted by Gasteiger charge is -2.14. The molecule has 4 heteroatoms. The van der Waals surface area contributed by atoms with E-state index in [1.165, 1.54) is 0 Å². The topological polar surface area (TPSA) is 61.3 Å². The molecule has 2 rings (SSSR count). The lowest BCUT2D eigenvalue weighted by molar-refractivity contribution is 0.0329. The van der Waals surface area contributed by atoms with Crippen molar-refractivity contribution in [3.63, 3.8) is 0 Å². The minimum atomic E-state index is -0.189. The molecule has 2 aromatic heterocycles. The van der Waals surface area contributed by atoms with Crippen LogP contribution < -0.4 is 5.73 Å². The summed E-state index contributed by atoms with van der Waals surface area (Å²) in [7, 11) is 0. The standard InChI is InChI=1S/C12H14N2O2/c13-8-12(11-5-1-2-6-14-11)16-9-10-4-3-7-15-10/h1-7,12H,8-9,13H2. The van der Waals surface area contributed by atoms with E-state index in [1.807, 2.05) is 30.3 Å². The maximum absolute atomic E-state index is 5.65. The van der Waals surface area contributed by atoms with Gasteiger partial charge in [-0.1, -0.05) is 6.07 Å². The van der Waals surface area contributed by atoms with Crippen LogP contribution in [0.15, 0.2) is 47.2 Å². The summed E-state index contributed by atoms with van der Waals surface area (Å²) < 4.78 is 10.8. The second kappa shape index (κ2) is 5.44. The first-order chi connectivity index (χ1) is 7.90. The molecule has 84 valence electrons. The third-order valence-corrected chi connectivity index (χ3v) is 2.24. The minimum Gasteiger partial charge on any atom is -0.467 e. The number of pyridine rings is 1. The molecule has 1 atom stereocenters. The molecule has 0 aliphatic heterocycles. The maximum Gasteiger partial charge on any atom is 0.129 e. The Morgan fingerprint density at radius 1 is 1.31 bits per heavy atom. The number of nitrogens with two attached hydrogens (primary N) is 1. The Kier molecular flexibility index (Phi) is 3.69. The van der Waals surface area contributed by atoms with Crippen LogP contribution in [0.1, 0.15) is 17.6 Å². The van der Waals surface area contributed by atoms with Gasteiger partial charge in [-0.15, -0.1) is 0 Å². The predicted molar refractivity (Wildman–Crippen MR) is 59.5 cm³/mol. The number of furan rings is 1. The quantitative estimate of drug-likeness (QED) is 0.832. The fourth-order valence-electron chi connectivity index (χ4n) is 1.42. The largest absolute Gasteiger partial charge is 0.467 e. The first-order valence-electron chi connectivity index (χ1n) is 5.15. The van der Waals surface area contributed by atoms with Crippen molar-refractivity contribution in [2.45, 2.75) is 12.7 Å². The normalized spacial score (nSPS) is 12.6. The Hall–Kier alpha value is -1.65. The van der Waals surface area contributed by atoms with Crippen LogP contribution in [0.4, 0.5) is 0 Å². The molecule has 0 aliphatic carbocycles. The summed E-state index contributed by atoms with van der Waals surface area (Å²) in [6.45, 7) is 0.809. The molecule has 0 fully saturated rings. The van der Waals surface area contributed by atoms with Gasteiger partial charge in [0.1, 0.15) is 18.5 Å². The highest BCUT2D eigenvalue weighted by Crippen LogP contribution is 2.15. The third-order valence-electron chi connectivity index (χ3n) is 2.24. The van der Waals surface area contributed by atoms with Crippen molar-refractivity contribution in [3.8, 4) is 0 Å². The number of aromatic nitrogens is 1. The van der Waals surface area contributed by atoms with Crippen molar-refractivity contribution in [2.75, 3.05) is 6.54 Å². The fourth-order valence-corrected chi connectivity index (χ4v) is 1.42. The van der Waals surface area contributed by atoms with Crippen LogP contribution in [0.25, 0.3) is 0 Å². The fraction of sp³-hybridized carbons (Fsp3) is 0.250. The molecule has 4 nitrogen and oxygen atoms in total. The van der Waals surface area contributed by atoms with Crippen molar-refractivity contribution in [3.05, 3.63) is 54.2 Å². The number of hydrogen-bond donors (Lipinski definition) is 1. The van der Waals surface area contributed by atoms with E-state index in [-0.39, 0.29) is 6.10 Å². The van der Waals surface area contributed by atoms with Crippen molar-refractivity contribution < 1.29 is 9.15 Å². The highest BCUT2D eigenvalue weighted by Gasteiger charge is 2.11. The average molecular weight is 218 g/mol. The summed E-state index contributed by atoms with van der Waals surface area (Å²) in [5.74, 6) is 0.786. The summed E-state index contributed by atoms with van der Waals surface area (Å²) in [6, 6.07) is 9.38. The van der Waals surface area contributed by atoms with Gasteiger partial charge in [0, 0.05) is 12.7 Å². The molecule has 16 heavy (non-hydrogen) atoms. The molecule has 0 aliphatic rings. The molecule has 0 radical (unpaired) electrons. The van der Waals surface area contributed by atoms with Crippen molar-refractivity contribution in [1.29, 1.82) is 0 Å². The van der Waals surface area contributed by atoms with Gasteiger partial charge in [0.05, 0.1) is 12.0 Å². The van der Waals surface area contributed by atoms with Crippen LogP contribution in [0.5, 0.6) is 0 Å². The average Bonchev–Trinajstić information content (AvgIpc) is 2.84. The predicted octanol–water partition coefficient (Wildman–Crippen LogP) is 1.89. The highest BCUT2D eigenvalue weighted by atomic mass is 16.5. The van der Waals surface area contributed by atoms with Gasteiger partial charge in [0.25, 0.3) is 0 Å². The number of rotatable bonds is 5. The molecule has 0 bridgehead atoms. The van der Waals surface area contributed by atoms with E-state index in [0.717, 1.165) is 11.5 Å². The smallest absolute Gasteiger partial charge is 0.129 e. The minimum absolute atomic E-state index is 0.189. The maximum atomic E-state index is 5.65. The Labute approximate surface area is 94.1 Å². The van der Waals surface area contributed by atoms with Gasteiger partial charge < -0.3 is 14.9 Å². The van der Waals surface area contributed by atoms with Crippen LogP contribution in [0.3, 0.4) is 0 Å². The van der Waals surface area contributed by atoms with E-state index >= 15 is 0 Å². The second-order valence-corrected chi connectivity index (χ2v) is 3.37. The van der Waals surface area contributed by atoms with Gasteiger partial charge in [0.15, 0.2) is 0 Å². The molecule has 1 unspecified atom stereocenters. The third kappa shape index (κ3) is 2.68. The van der Waals surface area contributed by atoms with E-state index < -0.39 is 0 Å². The number of hydrogen-bond acceptors (Lipinski definition) is 4. The summed E-state index contributed by atoms with van der Waals surface area (Å²) in [4.78, 5) is 4.21. The van der Waals surface area contributed by atoms with E-state index in [0.29, 0.717) is 13.2 Å². The van der Waals surface area contributed by atoms with Crippen molar-refractivity contribution in [1.82, 2.24) is 4.98 Å². The van der Waals surface area contributed by atoms with E-state index in [4.69, 9.17) is 14.9 Å². The van der Waals surface area contributed by atoms with Gasteiger partial charge in [-0.05, 0) is 24.3 Å². The molecule has 0 spiro atoms. The van der Waals surface area contributed by atoms with Crippen LogP contribution in [0, 0.1) is 0 Å². The number of ether oxygens (including phenoxy) is 1. The summed E-state index contributed by atoms with van der Waals surface area (Å²) >= 11 is 0.